The minimum atomic E-state index is -0.656. The summed E-state index contributed by atoms with van der Waals surface area (Å²) in [6.07, 6.45) is 2.04. The molecule has 0 bridgehead atoms. The third-order valence-electron chi connectivity index (χ3n) is 3.58. The van der Waals surface area contributed by atoms with Crippen molar-refractivity contribution in [3.05, 3.63) is 12.2 Å². The van der Waals surface area contributed by atoms with Crippen LogP contribution in [0, 0.1) is 0 Å². The zero-order valence-corrected chi connectivity index (χ0v) is 22.0. The summed E-state index contributed by atoms with van der Waals surface area (Å²) in [5.41, 5.74) is -2.20. The van der Waals surface area contributed by atoms with Crippen molar-refractivity contribution in [1.29, 1.82) is 0 Å². The third kappa shape index (κ3) is 17.1. The maximum Gasteiger partial charge on any atom is 0.331 e. The number of carbonyl (C=O) groups is 2. The van der Waals surface area contributed by atoms with Gasteiger partial charge in [-0.2, -0.15) is 0 Å². The maximum atomic E-state index is 12.0. The fraction of sp³-hybridized carbons (Fsp3) is 0.833. The summed E-state index contributed by atoms with van der Waals surface area (Å²) in [6, 6.07) is 0. The highest BCUT2D eigenvalue weighted by molar-refractivity contribution is 5.91. The molecule has 0 saturated heterocycles. The minimum Gasteiger partial charge on any atom is -0.459 e. The summed E-state index contributed by atoms with van der Waals surface area (Å²) >= 11 is 0. The molecule has 0 N–H and O–H groups in total. The molecule has 8 heteroatoms. The number of carbonyl (C=O) groups excluding carboxylic acids is 2. The van der Waals surface area contributed by atoms with Crippen LogP contribution in [0.4, 0.5) is 0 Å². The first kappa shape index (κ1) is 30.5. The van der Waals surface area contributed by atoms with Crippen LogP contribution in [0.25, 0.3) is 0 Å². The Kier molecular flexibility index (Phi) is 11.6. The summed E-state index contributed by atoms with van der Waals surface area (Å²) in [7, 11) is 0. The molecule has 0 fully saturated rings. The Hall–Kier alpha value is -1.48. The van der Waals surface area contributed by atoms with E-state index in [0.29, 0.717) is 12.8 Å². The monoisotopic (exact) mass is 460 g/mol. The van der Waals surface area contributed by atoms with Crippen molar-refractivity contribution in [3.63, 3.8) is 0 Å². The molecule has 0 radical (unpaired) electrons. The molecule has 0 aliphatic rings. The van der Waals surface area contributed by atoms with Crippen LogP contribution in [0.5, 0.6) is 0 Å². The highest BCUT2D eigenvalue weighted by atomic mass is 17.2. The number of rotatable bonds is 12. The van der Waals surface area contributed by atoms with Crippen LogP contribution in [-0.4, -0.2) is 46.6 Å². The molecule has 32 heavy (non-hydrogen) atoms. The quantitative estimate of drug-likeness (QED) is 0.169. The Morgan fingerprint density at radius 2 is 0.875 bits per heavy atom. The van der Waals surface area contributed by atoms with Gasteiger partial charge in [-0.3, -0.25) is 0 Å². The van der Waals surface area contributed by atoms with E-state index in [1.54, 1.807) is 13.8 Å². The lowest BCUT2D eigenvalue weighted by molar-refractivity contribution is -0.399. The minimum absolute atomic E-state index is 0.413. The third-order valence-corrected chi connectivity index (χ3v) is 3.58. The summed E-state index contributed by atoms with van der Waals surface area (Å²) < 4.78 is 10.6. The molecule has 0 aromatic carbocycles. The second-order valence-corrected chi connectivity index (χ2v) is 11.3. The van der Waals surface area contributed by atoms with Gasteiger partial charge in [0.25, 0.3) is 0 Å². The van der Waals surface area contributed by atoms with Crippen molar-refractivity contribution in [1.82, 2.24) is 0 Å². The van der Waals surface area contributed by atoms with Crippen molar-refractivity contribution >= 4 is 11.9 Å². The number of hydrogen-bond acceptors (Lipinski definition) is 8. The van der Waals surface area contributed by atoms with E-state index in [-0.39, 0.29) is 0 Å². The Labute approximate surface area is 193 Å². The zero-order chi connectivity index (χ0) is 25.4. The molecular formula is C24H44O8. The average Bonchev–Trinajstić information content (AvgIpc) is 2.54. The van der Waals surface area contributed by atoms with Crippen LogP contribution in [-0.2, 0) is 38.6 Å². The molecule has 0 aliphatic heterocycles. The van der Waals surface area contributed by atoms with Gasteiger partial charge < -0.3 is 9.47 Å². The normalized spacial score (nSPS) is 15.5. The smallest absolute Gasteiger partial charge is 0.331 e. The van der Waals surface area contributed by atoms with Gasteiger partial charge in [0.05, 0.1) is 11.2 Å². The molecule has 0 aromatic heterocycles. The van der Waals surface area contributed by atoms with E-state index < -0.39 is 46.6 Å². The van der Waals surface area contributed by atoms with Crippen LogP contribution in [0.2, 0.25) is 0 Å². The highest BCUT2D eigenvalue weighted by Crippen LogP contribution is 2.23. The summed E-state index contributed by atoms with van der Waals surface area (Å²) in [6.45, 7) is 22.1. The average molecular weight is 461 g/mol. The van der Waals surface area contributed by atoms with Crippen molar-refractivity contribution in [2.45, 2.75) is 131 Å². The topological polar surface area (TPSA) is 89.5 Å². The van der Waals surface area contributed by atoms with Gasteiger partial charge in [-0.1, -0.05) is 0 Å². The number of ether oxygens (including phenoxy) is 2. The van der Waals surface area contributed by atoms with E-state index >= 15 is 0 Å². The Balaban J connectivity index is 4.49. The van der Waals surface area contributed by atoms with Crippen molar-refractivity contribution in [3.8, 4) is 0 Å². The second kappa shape index (κ2) is 12.1. The predicted molar refractivity (Wildman–Crippen MR) is 121 cm³/mol. The van der Waals surface area contributed by atoms with Gasteiger partial charge in [-0.15, -0.1) is 0 Å². The van der Waals surface area contributed by atoms with Crippen LogP contribution >= 0.6 is 0 Å². The Morgan fingerprint density at radius 3 is 1.12 bits per heavy atom. The Morgan fingerprint density at radius 1 is 0.594 bits per heavy atom. The SMILES string of the molecule is CC(CC(C)(C)OOC(C)(C)C)OC(=O)/C=C/C(=O)OC(C)CC(C)(C)OOC(C)(C)C. The van der Waals surface area contributed by atoms with Gasteiger partial charge >= 0.3 is 11.9 Å². The predicted octanol–water partition coefficient (Wildman–Crippen LogP) is 5.24. The first-order valence-electron chi connectivity index (χ1n) is 11.0. The molecule has 0 spiro atoms. The lowest BCUT2D eigenvalue weighted by Gasteiger charge is -2.30. The van der Waals surface area contributed by atoms with E-state index in [4.69, 9.17) is 29.0 Å². The summed E-state index contributed by atoms with van der Waals surface area (Å²) in [4.78, 5) is 45.7. The van der Waals surface area contributed by atoms with Gasteiger partial charge in [0.15, 0.2) is 0 Å². The summed E-state index contributed by atoms with van der Waals surface area (Å²) in [5.74, 6) is -1.28. The molecule has 2 unspecified atom stereocenters. The van der Waals surface area contributed by atoms with Gasteiger partial charge in [0, 0.05) is 25.0 Å². The van der Waals surface area contributed by atoms with Crippen molar-refractivity contribution in [2.24, 2.45) is 0 Å². The molecule has 0 heterocycles. The lowest BCUT2D eigenvalue weighted by Crippen LogP contribution is -2.34. The first-order valence-corrected chi connectivity index (χ1v) is 11.0. The van der Waals surface area contributed by atoms with Gasteiger partial charge in [0.1, 0.15) is 23.4 Å². The van der Waals surface area contributed by atoms with E-state index in [2.05, 4.69) is 0 Å². The van der Waals surface area contributed by atoms with E-state index in [9.17, 15) is 9.59 Å². The van der Waals surface area contributed by atoms with Crippen LogP contribution in [0.1, 0.15) is 95.9 Å². The van der Waals surface area contributed by atoms with Gasteiger partial charge in [0.2, 0.25) is 0 Å². The molecule has 0 aromatic rings. The van der Waals surface area contributed by atoms with Crippen LogP contribution < -0.4 is 0 Å². The van der Waals surface area contributed by atoms with Crippen LogP contribution in [0.3, 0.4) is 0 Å². The fourth-order valence-electron chi connectivity index (χ4n) is 2.62. The standard InChI is InChI=1S/C24H44O8/c1-17(15-23(9,10)31-29-21(3,4)5)27-19(25)13-14-20(26)28-18(2)16-24(11,12)32-30-22(6,7)8/h13-14,17-18H,15-16H2,1-12H3/b14-13+. The summed E-state index contributed by atoms with van der Waals surface area (Å²) in [5, 5.41) is 0. The number of hydrogen-bond donors (Lipinski definition) is 0. The zero-order valence-electron chi connectivity index (χ0n) is 22.0. The van der Waals surface area contributed by atoms with E-state index in [0.717, 1.165) is 12.2 Å². The molecule has 2 atom stereocenters. The molecular weight excluding hydrogens is 416 g/mol. The van der Waals surface area contributed by atoms with Crippen molar-refractivity contribution < 1.29 is 38.6 Å². The molecule has 8 nitrogen and oxygen atoms in total. The molecule has 0 amide bonds. The molecule has 188 valence electrons. The fourth-order valence-corrected chi connectivity index (χ4v) is 2.62. The second-order valence-electron chi connectivity index (χ2n) is 11.3. The van der Waals surface area contributed by atoms with E-state index in [1.165, 1.54) is 0 Å². The van der Waals surface area contributed by atoms with Crippen molar-refractivity contribution in [2.75, 3.05) is 0 Å². The first-order chi connectivity index (χ1) is 14.2. The lowest BCUT2D eigenvalue weighted by atomic mass is 10.0. The Bertz CT molecular complexity index is 569. The maximum absolute atomic E-state index is 12.0. The number of esters is 2. The molecule has 0 rings (SSSR count). The van der Waals surface area contributed by atoms with E-state index in [1.807, 2.05) is 69.2 Å². The molecule has 0 saturated carbocycles. The molecule has 0 aliphatic carbocycles. The largest absolute Gasteiger partial charge is 0.459 e. The van der Waals surface area contributed by atoms with Gasteiger partial charge in [-0.05, 0) is 83.1 Å². The van der Waals surface area contributed by atoms with Gasteiger partial charge in [-0.25, -0.2) is 29.1 Å². The highest BCUT2D eigenvalue weighted by Gasteiger charge is 2.29. The van der Waals surface area contributed by atoms with Crippen LogP contribution in [0.15, 0.2) is 12.2 Å².